The summed E-state index contributed by atoms with van der Waals surface area (Å²) >= 11 is 1.21. The number of aliphatic hydroxyl groups excluding tert-OH is 1. The third kappa shape index (κ3) is 4.57. The van der Waals surface area contributed by atoms with Crippen molar-refractivity contribution in [3.63, 3.8) is 0 Å². The number of carbonyl (C=O) groups excluding carboxylic acids is 1. The Bertz CT molecular complexity index is 942. The lowest BCUT2D eigenvalue weighted by Gasteiger charge is -2.13. The van der Waals surface area contributed by atoms with Crippen LogP contribution in [-0.2, 0) is 24.2 Å². The lowest BCUT2D eigenvalue weighted by molar-refractivity contribution is -0.384. The van der Waals surface area contributed by atoms with Crippen LogP contribution in [0.2, 0.25) is 0 Å². The van der Waals surface area contributed by atoms with Gasteiger partial charge in [0, 0.05) is 42.2 Å². The third-order valence-corrected chi connectivity index (χ3v) is 5.46. The Morgan fingerprint density at radius 3 is 2.75 bits per heavy atom. The highest BCUT2D eigenvalue weighted by atomic mass is 32.2. The van der Waals surface area contributed by atoms with E-state index in [9.17, 15) is 19.7 Å². The number of nitro benzene ring substituents is 1. The maximum atomic E-state index is 12.3. The number of fused-ring (bicyclic) bond motifs is 1. The number of hydrogen-bond donors (Lipinski definition) is 2. The number of aromatic nitrogens is 2. The van der Waals surface area contributed by atoms with Crippen LogP contribution in [0.25, 0.3) is 0 Å². The fourth-order valence-corrected chi connectivity index (χ4v) is 4.04. The first-order valence-electron chi connectivity index (χ1n) is 8.90. The summed E-state index contributed by atoms with van der Waals surface area (Å²) in [5, 5.41) is 22.9. The van der Waals surface area contributed by atoms with Gasteiger partial charge in [0.15, 0.2) is 0 Å². The number of nitrogens with one attached hydrogen (secondary N) is 1. The second kappa shape index (κ2) is 8.98. The van der Waals surface area contributed by atoms with Crippen LogP contribution in [0.4, 0.5) is 11.4 Å². The Morgan fingerprint density at radius 2 is 2.07 bits per heavy atom. The minimum Gasteiger partial charge on any atom is -0.396 e. The van der Waals surface area contributed by atoms with E-state index in [2.05, 4.69) is 10.3 Å². The first-order chi connectivity index (χ1) is 13.5. The van der Waals surface area contributed by atoms with E-state index in [1.165, 1.54) is 36.0 Å². The highest BCUT2D eigenvalue weighted by Gasteiger charge is 2.22. The predicted molar refractivity (Wildman–Crippen MR) is 105 cm³/mol. The van der Waals surface area contributed by atoms with Crippen molar-refractivity contribution >= 4 is 29.0 Å². The second-order valence-corrected chi connectivity index (χ2v) is 7.31. The van der Waals surface area contributed by atoms with Crippen molar-refractivity contribution in [1.82, 2.24) is 9.55 Å². The molecule has 1 aromatic carbocycles. The molecular formula is C18H20N4O5S. The van der Waals surface area contributed by atoms with Gasteiger partial charge in [-0.15, -0.1) is 0 Å². The van der Waals surface area contributed by atoms with E-state index in [-0.39, 0.29) is 29.6 Å². The van der Waals surface area contributed by atoms with Gasteiger partial charge in [-0.2, -0.15) is 4.98 Å². The molecule has 1 aliphatic carbocycles. The van der Waals surface area contributed by atoms with E-state index in [0.29, 0.717) is 23.7 Å². The van der Waals surface area contributed by atoms with Crippen LogP contribution in [0.3, 0.4) is 0 Å². The summed E-state index contributed by atoms with van der Waals surface area (Å²) in [7, 11) is 0. The van der Waals surface area contributed by atoms with Crippen LogP contribution in [0.1, 0.15) is 24.1 Å². The van der Waals surface area contributed by atoms with Crippen molar-refractivity contribution in [3.8, 4) is 0 Å². The number of nitro groups is 1. The summed E-state index contributed by atoms with van der Waals surface area (Å²) in [5.41, 5.74) is 2.02. The Kier molecular flexibility index (Phi) is 6.42. The fourth-order valence-electron chi connectivity index (χ4n) is 3.16. The molecular weight excluding hydrogens is 384 g/mol. The van der Waals surface area contributed by atoms with Crippen LogP contribution in [0, 0.1) is 10.1 Å². The molecule has 0 spiro atoms. The molecule has 0 saturated heterocycles. The molecule has 148 valence electrons. The number of aliphatic hydroxyl groups is 1. The SMILES string of the molecule is O=C(CSc1nc(=O)n(CCCO)c2c1CCC2)Nc1ccc([N+](=O)[O-])cc1. The van der Waals surface area contributed by atoms with Crippen molar-refractivity contribution in [2.45, 2.75) is 37.3 Å². The Hall–Kier alpha value is -2.72. The summed E-state index contributed by atoms with van der Waals surface area (Å²) in [4.78, 5) is 38.8. The number of nitrogens with zero attached hydrogens (tertiary/aromatic N) is 3. The predicted octanol–water partition coefficient (Wildman–Crippen LogP) is 1.75. The minimum absolute atomic E-state index is 0.0144. The molecule has 28 heavy (non-hydrogen) atoms. The largest absolute Gasteiger partial charge is 0.396 e. The summed E-state index contributed by atoms with van der Waals surface area (Å²) in [6, 6.07) is 5.59. The van der Waals surface area contributed by atoms with Gasteiger partial charge in [-0.05, 0) is 37.8 Å². The van der Waals surface area contributed by atoms with Gasteiger partial charge in [-0.3, -0.25) is 19.5 Å². The maximum absolute atomic E-state index is 12.3. The van der Waals surface area contributed by atoms with Crippen molar-refractivity contribution < 1.29 is 14.8 Å². The highest BCUT2D eigenvalue weighted by Crippen LogP contribution is 2.29. The molecule has 9 nitrogen and oxygen atoms in total. The first kappa shape index (κ1) is 20.0. The molecule has 1 heterocycles. The average Bonchev–Trinajstić information content (AvgIpc) is 3.16. The Balaban J connectivity index is 1.66. The molecule has 0 atom stereocenters. The molecule has 0 radical (unpaired) electrons. The molecule has 2 N–H and O–H groups in total. The molecule has 1 aromatic heterocycles. The van der Waals surface area contributed by atoms with E-state index < -0.39 is 4.92 Å². The van der Waals surface area contributed by atoms with E-state index in [1.54, 1.807) is 4.57 Å². The topological polar surface area (TPSA) is 127 Å². The zero-order valence-corrected chi connectivity index (χ0v) is 15.9. The smallest absolute Gasteiger partial charge is 0.348 e. The highest BCUT2D eigenvalue weighted by molar-refractivity contribution is 8.00. The molecule has 0 bridgehead atoms. The number of thioether (sulfide) groups is 1. The zero-order valence-electron chi connectivity index (χ0n) is 15.1. The van der Waals surface area contributed by atoms with Crippen molar-refractivity contribution in [2.24, 2.45) is 0 Å². The van der Waals surface area contributed by atoms with E-state index in [0.717, 1.165) is 30.5 Å². The molecule has 2 aromatic rings. The van der Waals surface area contributed by atoms with E-state index in [1.807, 2.05) is 0 Å². The van der Waals surface area contributed by atoms with Crippen LogP contribution < -0.4 is 11.0 Å². The third-order valence-electron chi connectivity index (χ3n) is 4.44. The molecule has 1 amide bonds. The van der Waals surface area contributed by atoms with Gasteiger partial charge in [0.1, 0.15) is 5.03 Å². The number of benzene rings is 1. The molecule has 0 fully saturated rings. The quantitative estimate of drug-likeness (QED) is 0.297. The minimum atomic E-state index is -0.504. The number of rotatable bonds is 8. The Labute approximate surface area is 164 Å². The van der Waals surface area contributed by atoms with E-state index in [4.69, 9.17) is 5.11 Å². The van der Waals surface area contributed by atoms with Gasteiger partial charge in [0.25, 0.3) is 5.69 Å². The monoisotopic (exact) mass is 404 g/mol. The molecule has 0 aliphatic heterocycles. The summed E-state index contributed by atoms with van der Waals surface area (Å²) in [6.45, 7) is 0.455. The van der Waals surface area contributed by atoms with Crippen LogP contribution in [0.15, 0.2) is 34.1 Å². The number of hydrogen-bond acceptors (Lipinski definition) is 7. The Morgan fingerprint density at radius 1 is 1.32 bits per heavy atom. The average molecular weight is 404 g/mol. The van der Waals surface area contributed by atoms with Gasteiger partial charge in [0.2, 0.25) is 5.91 Å². The van der Waals surface area contributed by atoms with Crippen LogP contribution in [-0.4, -0.2) is 37.8 Å². The van der Waals surface area contributed by atoms with Gasteiger partial charge in [0.05, 0.1) is 10.7 Å². The van der Waals surface area contributed by atoms with Gasteiger partial charge >= 0.3 is 5.69 Å². The normalized spacial score (nSPS) is 12.6. The summed E-state index contributed by atoms with van der Waals surface area (Å²) in [5.74, 6) is -0.201. The lowest BCUT2D eigenvalue weighted by atomic mass is 10.2. The van der Waals surface area contributed by atoms with Gasteiger partial charge < -0.3 is 10.4 Å². The lowest BCUT2D eigenvalue weighted by Crippen LogP contribution is -2.28. The molecule has 0 saturated carbocycles. The maximum Gasteiger partial charge on any atom is 0.348 e. The number of carbonyl (C=O) groups is 1. The molecule has 10 heteroatoms. The van der Waals surface area contributed by atoms with Crippen LogP contribution in [0.5, 0.6) is 0 Å². The van der Waals surface area contributed by atoms with Crippen molar-refractivity contribution in [1.29, 1.82) is 0 Å². The zero-order chi connectivity index (χ0) is 20.1. The molecule has 3 rings (SSSR count). The first-order valence-corrected chi connectivity index (χ1v) is 9.88. The summed E-state index contributed by atoms with van der Waals surface area (Å²) in [6.07, 6.45) is 3.04. The second-order valence-electron chi connectivity index (χ2n) is 6.35. The number of non-ortho nitro benzene ring substituents is 1. The molecule has 0 unspecified atom stereocenters. The van der Waals surface area contributed by atoms with Crippen molar-refractivity contribution in [3.05, 3.63) is 56.1 Å². The molecule has 1 aliphatic rings. The fraction of sp³-hybridized carbons (Fsp3) is 0.389. The number of amides is 1. The van der Waals surface area contributed by atoms with Gasteiger partial charge in [-0.25, -0.2) is 4.79 Å². The number of anilines is 1. The van der Waals surface area contributed by atoms with E-state index >= 15 is 0 Å². The summed E-state index contributed by atoms with van der Waals surface area (Å²) < 4.78 is 1.62. The van der Waals surface area contributed by atoms with Crippen molar-refractivity contribution in [2.75, 3.05) is 17.7 Å². The van der Waals surface area contributed by atoms with Gasteiger partial charge in [-0.1, -0.05) is 11.8 Å². The van der Waals surface area contributed by atoms with Crippen LogP contribution >= 0.6 is 11.8 Å². The standard InChI is InChI=1S/C18H20N4O5S/c23-10-2-9-21-15-4-1-3-14(15)17(20-18(21)25)28-11-16(24)19-12-5-7-13(8-6-12)22(26)27/h5-8,23H,1-4,9-11H2,(H,19,24).